The quantitative estimate of drug-likeness (QED) is 0.680. The van der Waals surface area contributed by atoms with E-state index in [1.54, 1.807) is 0 Å². The summed E-state index contributed by atoms with van der Waals surface area (Å²) in [5.74, 6) is 0.634. The Labute approximate surface area is 170 Å². The largest absolute Gasteiger partial charge is 0.416 e. The lowest BCUT2D eigenvalue weighted by molar-refractivity contribution is -0.113. The van der Waals surface area contributed by atoms with Crippen molar-refractivity contribution in [3.05, 3.63) is 21.9 Å². The first kappa shape index (κ1) is 19.4. The minimum atomic E-state index is -2.93. The summed E-state index contributed by atoms with van der Waals surface area (Å²) in [4.78, 5) is 13.4. The molecule has 0 bridgehead atoms. The maximum Gasteiger partial charge on any atom is 0.277 e. The van der Waals surface area contributed by atoms with E-state index in [1.807, 2.05) is 0 Å². The molecule has 4 rings (SSSR count). The molecule has 8 nitrogen and oxygen atoms in total. The van der Waals surface area contributed by atoms with Crippen LogP contribution in [0.3, 0.4) is 0 Å². The second kappa shape index (κ2) is 7.85. The van der Waals surface area contributed by atoms with Crippen LogP contribution >= 0.6 is 23.1 Å². The second-order valence-electron chi connectivity index (χ2n) is 6.95. The smallest absolute Gasteiger partial charge is 0.277 e. The zero-order chi connectivity index (χ0) is 19.7. The van der Waals surface area contributed by atoms with Crippen molar-refractivity contribution in [2.24, 2.45) is 5.92 Å². The van der Waals surface area contributed by atoms with Crippen LogP contribution in [0.5, 0.6) is 0 Å². The lowest BCUT2D eigenvalue weighted by atomic mass is 10.1. The van der Waals surface area contributed by atoms with Crippen LogP contribution in [-0.2, 0) is 33.9 Å². The number of thioether (sulfide) groups is 1. The molecule has 0 saturated carbocycles. The molecule has 1 aliphatic carbocycles. The molecule has 0 radical (unpaired) electrons. The maximum absolute atomic E-state index is 12.2. The molecule has 2 aromatic rings. The summed E-state index contributed by atoms with van der Waals surface area (Å²) in [6, 6.07) is 2.20. The Balaban J connectivity index is 1.30. The predicted molar refractivity (Wildman–Crippen MR) is 105 cm³/mol. The zero-order valence-corrected chi connectivity index (χ0v) is 17.4. The van der Waals surface area contributed by atoms with Crippen molar-refractivity contribution in [3.63, 3.8) is 0 Å². The second-order valence-corrected chi connectivity index (χ2v) is 11.2. The number of thiophene rings is 1. The average molecular weight is 439 g/mol. The molecule has 1 saturated heterocycles. The van der Waals surface area contributed by atoms with E-state index in [0.29, 0.717) is 29.3 Å². The van der Waals surface area contributed by atoms with E-state index in [0.717, 1.165) is 36.6 Å². The van der Waals surface area contributed by atoms with Crippen molar-refractivity contribution in [1.82, 2.24) is 10.2 Å². The third kappa shape index (κ3) is 4.24. The summed E-state index contributed by atoms with van der Waals surface area (Å²) in [6.07, 6.45) is 3.97. The van der Waals surface area contributed by atoms with E-state index in [1.165, 1.54) is 16.2 Å². The van der Waals surface area contributed by atoms with E-state index < -0.39 is 9.84 Å². The molecular weight excluding hydrogens is 420 g/mol. The molecular formula is C17H18N4O4S3. The Kier molecular flexibility index (Phi) is 5.44. The number of sulfone groups is 1. The van der Waals surface area contributed by atoms with Crippen LogP contribution in [0.2, 0.25) is 0 Å². The minimum Gasteiger partial charge on any atom is -0.416 e. The van der Waals surface area contributed by atoms with Gasteiger partial charge in [-0.1, -0.05) is 11.8 Å². The molecule has 0 aromatic carbocycles. The predicted octanol–water partition coefficient (Wildman–Crippen LogP) is 2.20. The Morgan fingerprint density at radius 1 is 1.39 bits per heavy atom. The van der Waals surface area contributed by atoms with Gasteiger partial charge in [0.1, 0.15) is 11.1 Å². The van der Waals surface area contributed by atoms with Crippen LogP contribution in [0.25, 0.3) is 0 Å². The number of rotatable bonds is 6. The fraction of sp³-hybridized carbons (Fsp3) is 0.529. The SMILES string of the molecule is N#Cc1c(NC(=O)CSc2nnc(C[C@H]3CCS(=O)(=O)C3)o2)sc2c1CCC2. The van der Waals surface area contributed by atoms with Gasteiger partial charge in [-0.15, -0.1) is 21.5 Å². The Bertz CT molecular complexity index is 1050. The number of aromatic nitrogens is 2. The summed E-state index contributed by atoms with van der Waals surface area (Å²) in [7, 11) is -2.93. The molecule has 0 spiro atoms. The number of fused-ring (bicyclic) bond motifs is 1. The fourth-order valence-corrected chi connectivity index (χ4v) is 7.26. The highest BCUT2D eigenvalue weighted by Crippen LogP contribution is 2.38. The number of nitrogens with zero attached hydrogens (tertiary/aromatic N) is 3. The van der Waals surface area contributed by atoms with Crippen LogP contribution < -0.4 is 5.32 Å². The highest BCUT2D eigenvalue weighted by atomic mass is 32.2. The van der Waals surface area contributed by atoms with Crippen molar-refractivity contribution in [3.8, 4) is 6.07 Å². The number of hydrogen-bond acceptors (Lipinski definition) is 9. The summed E-state index contributed by atoms with van der Waals surface area (Å²) in [6.45, 7) is 0. The van der Waals surface area contributed by atoms with Gasteiger partial charge in [0.15, 0.2) is 9.84 Å². The molecule has 1 aliphatic heterocycles. The zero-order valence-electron chi connectivity index (χ0n) is 14.9. The Morgan fingerprint density at radius 2 is 2.25 bits per heavy atom. The van der Waals surface area contributed by atoms with Gasteiger partial charge in [-0.2, -0.15) is 5.26 Å². The number of aryl methyl sites for hydroxylation is 1. The molecule has 3 heterocycles. The van der Waals surface area contributed by atoms with Gasteiger partial charge in [-0.3, -0.25) is 4.79 Å². The molecule has 1 fully saturated rings. The van der Waals surface area contributed by atoms with E-state index in [2.05, 4.69) is 21.6 Å². The molecule has 148 valence electrons. The number of nitrogens with one attached hydrogen (secondary N) is 1. The van der Waals surface area contributed by atoms with Crippen LogP contribution in [0, 0.1) is 17.2 Å². The highest BCUT2D eigenvalue weighted by Gasteiger charge is 2.29. The molecule has 1 atom stereocenters. The van der Waals surface area contributed by atoms with Crippen molar-refractivity contribution < 1.29 is 17.6 Å². The van der Waals surface area contributed by atoms with Gasteiger partial charge < -0.3 is 9.73 Å². The van der Waals surface area contributed by atoms with Gasteiger partial charge in [-0.25, -0.2) is 8.42 Å². The first-order valence-electron chi connectivity index (χ1n) is 8.93. The van der Waals surface area contributed by atoms with Gasteiger partial charge >= 0.3 is 0 Å². The molecule has 28 heavy (non-hydrogen) atoms. The average Bonchev–Trinajstić information content (AvgIpc) is 3.38. The standard InChI is InChI=1S/C17H18N4O4S3/c18-7-12-11-2-1-3-13(11)27-16(12)19-14(22)8-26-17-21-20-15(25-17)6-10-4-5-28(23,24)9-10/h10H,1-6,8-9H2,(H,19,22)/t10-/m1/s1. The van der Waals surface area contributed by atoms with E-state index in [9.17, 15) is 18.5 Å². The number of carbonyl (C=O) groups is 1. The summed E-state index contributed by atoms with van der Waals surface area (Å²) in [5, 5.41) is 20.9. The van der Waals surface area contributed by atoms with Crippen molar-refractivity contribution >= 4 is 43.8 Å². The van der Waals surface area contributed by atoms with Crippen LogP contribution in [-0.4, -0.2) is 41.8 Å². The summed E-state index contributed by atoms with van der Waals surface area (Å²) >= 11 is 2.60. The van der Waals surface area contributed by atoms with Gasteiger partial charge in [0.2, 0.25) is 11.8 Å². The third-order valence-electron chi connectivity index (χ3n) is 4.85. The third-order valence-corrected chi connectivity index (χ3v) is 8.71. The van der Waals surface area contributed by atoms with E-state index in [4.69, 9.17) is 4.42 Å². The van der Waals surface area contributed by atoms with Gasteiger partial charge in [0.05, 0.1) is 22.8 Å². The lowest BCUT2D eigenvalue weighted by Crippen LogP contribution is -2.14. The van der Waals surface area contributed by atoms with Gasteiger partial charge in [0.25, 0.3) is 5.22 Å². The van der Waals surface area contributed by atoms with Crippen LogP contribution in [0.15, 0.2) is 9.64 Å². The lowest BCUT2D eigenvalue weighted by Gasteiger charge is -2.03. The number of carbonyl (C=O) groups excluding carboxylic acids is 1. The van der Waals surface area contributed by atoms with Crippen molar-refractivity contribution in [2.75, 3.05) is 22.6 Å². The van der Waals surface area contributed by atoms with Crippen molar-refractivity contribution in [1.29, 1.82) is 5.26 Å². The normalized spacial score (nSPS) is 20.0. The van der Waals surface area contributed by atoms with Crippen LogP contribution in [0.4, 0.5) is 5.00 Å². The molecule has 0 unspecified atom stereocenters. The van der Waals surface area contributed by atoms with E-state index in [-0.39, 0.29) is 34.3 Å². The molecule has 2 aliphatic rings. The fourth-order valence-electron chi connectivity index (χ4n) is 3.56. The molecule has 1 amide bonds. The van der Waals surface area contributed by atoms with Crippen LogP contribution in [0.1, 0.15) is 34.7 Å². The Morgan fingerprint density at radius 3 is 3.00 bits per heavy atom. The number of anilines is 1. The first-order chi connectivity index (χ1) is 13.4. The van der Waals surface area contributed by atoms with Crippen molar-refractivity contribution in [2.45, 2.75) is 37.3 Å². The summed E-state index contributed by atoms with van der Waals surface area (Å²) < 4.78 is 28.6. The minimum absolute atomic E-state index is 0.0109. The van der Waals surface area contributed by atoms with E-state index >= 15 is 0 Å². The number of nitriles is 1. The molecule has 2 aromatic heterocycles. The van der Waals surface area contributed by atoms with Gasteiger partial charge in [0, 0.05) is 11.3 Å². The first-order valence-corrected chi connectivity index (χ1v) is 12.6. The number of hydrogen-bond donors (Lipinski definition) is 1. The molecule has 1 N–H and O–H groups in total. The number of amides is 1. The monoisotopic (exact) mass is 438 g/mol. The topological polar surface area (TPSA) is 126 Å². The highest BCUT2D eigenvalue weighted by molar-refractivity contribution is 7.99. The Hall–Kier alpha value is -1.90. The maximum atomic E-state index is 12.2. The van der Waals surface area contributed by atoms with Gasteiger partial charge in [-0.05, 0) is 37.2 Å². The summed E-state index contributed by atoms with van der Waals surface area (Å²) in [5.41, 5.74) is 1.66. The molecule has 11 heteroatoms.